The summed E-state index contributed by atoms with van der Waals surface area (Å²) < 4.78 is 0. The number of aromatic nitrogens is 2. The summed E-state index contributed by atoms with van der Waals surface area (Å²) in [6, 6.07) is 0.684. The van der Waals surface area contributed by atoms with E-state index < -0.39 is 0 Å². The number of anilines is 1. The van der Waals surface area contributed by atoms with E-state index in [2.05, 4.69) is 28.7 Å². The molecule has 2 bridgehead atoms. The summed E-state index contributed by atoms with van der Waals surface area (Å²) >= 11 is 6.23. The summed E-state index contributed by atoms with van der Waals surface area (Å²) in [5, 5.41) is 0.618. The topological polar surface area (TPSA) is 29.0 Å². The van der Waals surface area contributed by atoms with Crippen molar-refractivity contribution in [2.45, 2.75) is 45.1 Å². The summed E-state index contributed by atoms with van der Waals surface area (Å²) in [6.07, 6.45) is 5.62. The van der Waals surface area contributed by atoms with E-state index in [4.69, 9.17) is 11.6 Å². The second kappa shape index (κ2) is 4.13. The third kappa shape index (κ3) is 1.81. The highest BCUT2D eigenvalue weighted by atomic mass is 35.5. The Hall–Kier alpha value is -0.830. The van der Waals surface area contributed by atoms with E-state index in [0.717, 1.165) is 23.8 Å². The third-order valence-corrected chi connectivity index (χ3v) is 4.37. The molecule has 2 heterocycles. The molecular formula is C13H18ClN3. The van der Waals surface area contributed by atoms with Gasteiger partial charge in [-0.15, -0.1) is 0 Å². The molecule has 1 aliphatic heterocycles. The van der Waals surface area contributed by atoms with Gasteiger partial charge in [-0.25, -0.2) is 9.97 Å². The van der Waals surface area contributed by atoms with Crippen LogP contribution in [-0.4, -0.2) is 22.6 Å². The van der Waals surface area contributed by atoms with Crippen LogP contribution in [0.25, 0.3) is 0 Å². The molecule has 0 radical (unpaired) electrons. The van der Waals surface area contributed by atoms with Gasteiger partial charge in [0.05, 0.1) is 0 Å². The zero-order valence-electron chi connectivity index (χ0n) is 10.4. The molecule has 2 unspecified atom stereocenters. The Kier molecular flexibility index (Phi) is 2.74. The van der Waals surface area contributed by atoms with Crippen LogP contribution in [0.4, 0.5) is 5.82 Å². The molecule has 4 heteroatoms. The van der Waals surface area contributed by atoms with Crippen LogP contribution in [0.2, 0.25) is 5.15 Å². The maximum absolute atomic E-state index is 6.23. The van der Waals surface area contributed by atoms with Gasteiger partial charge in [0.2, 0.25) is 0 Å². The first-order valence-electron chi connectivity index (χ1n) is 6.44. The van der Waals surface area contributed by atoms with Gasteiger partial charge in [-0.3, -0.25) is 0 Å². The molecule has 0 N–H and O–H groups in total. The van der Waals surface area contributed by atoms with Gasteiger partial charge in [-0.2, -0.15) is 0 Å². The highest BCUT2D eigenvalue weighted by molar-refractivity contribution is 6.30. The lowest BCUT2D eigenvalue weighted by Gasteiger charge is -2.30. The monoisotopic (exact) mass is 251 g/mol. The Morgan fingerprint density at radius 1 is 1.35 bits per heavy atom. The Balaban J connectivity index is 2.00. The van der Waals surface area contributed by atoms with E-state index in [-0.39, 0.29) is 0 Å². The number of hydrogen-bond donors (Lipinski definition) is 0. The van der Waals surface area contributed by atoms with E-state index >= 15 is 0 Å². The molecule has 1 aromatic heterocycles. The van der Waals surface area contributed by atoms with Crippen molar-refractivity contribution >= 4 is 17.4 Å². The zero-order chi connectivity index (χ0) is 12.0. The van der Waals surface area contributed by atoms with Crippen molar-refractivity contribution in [3.63, 3.8) is 0 Å². The fourth-order valence-corrected chi connectivity index (χ4v) is 3.62. The molecule has 1 aliphatic carbocycles. The molecule has 3 rings (SSSR count). The van der Waals surface area contributed by atoms with Crippen molar-refractivity contribution in [2.24, 2.45) is 5.92 Å². The fourth-order valence-electron chi connectivity index (χ4n) is 3.27. The van der Waals surface area contributed by atoms with Gasteiger partial charge < -0.3 is 4.90 Å². The number of rotatable bonds is 2. The predicted molar refractivity (Wildman–Crippen MR) is 69.6 cm³/mol. The average molecular weight is 252 g/mol. The van der Waals surface area contributed by atoms with Gasteiger partial charge in [-0.1, -0.05) is 25.4 Å². The highest BCUT2D eigenvalue weighted by Gasteiger charge is 2.39. The maximum Gasteiger partial charge on any atom is 0.138 e. The number of piperidine rings is 1. The lowest BCUT2D eigenvalue weighted by molar-refractivity contribution is 0.548. The van der Waals surface area contributed by atoms with Gasteiger partial charge in [0.25, 0.3) is 0 Å². The second-order valence-corrected chi connectivity index (χ2v) is 5.90. The van der Waals surface area contributed by atoms with E-state index in [9.17, 15) is 0 Å². The van der Waals surface area contributed by atoms with Crippen LogP contribution >= 0.6 is 11.6 Å². The van der Waals surface area contributed by atoms with Crippen LogP contribution in [-0.2, 0) is 0 Å². The molecule has 1 saturated carbocycles. The van der Waals surface area contributed by atoms with Crippen LogP contribution in [0, 0.1) is 5.92 Å². The first-order chi connectivity index (χ1) is 8.16. The van der Waals surface area contributed by atoms with Crippen LogP contribution < -0.4 is 4.90 Å². The first kappa shape index (κ1) is 11.3. The number of halogens is 1. The maximum atomic E-state index is 6.23. The van der Waals surface area contributed by atoms with Crippen LogP contribution in [0.3, 0.4) is 0 Å². The molecule has 17 heavy (non-hydrogen) atoms. The van der Waals surface area contributed by atoms with Crippen molar-refractivity contribution in [1.29, 1.82) is 0 Å². The predicted octanol–water partition coefficient (Wildman–Crippen LogP) is 3.24. The molecule has 0 spiro atoms. The van der Waals surface area contributed by atoms with Gasteiger partial charge in [-0.05, 0) is 31.1 Å². The Bertz CT molecular complexity index is 433. The minimum absolute atomic E-state index is 0.373. The first-order valence-corrected chi connectivity index (χ1v) is 6.81. The van der Waals surface area contributed by atoms with Gasteiger partial charge in [0.15, 0.2) is 0 Å². The van der Waals surface area contributed by atoms with Crippen molar-refractivity contribution in [2.75, 3.05) is 11.4 Å². The molecule has 2 aliphatic rings. The van der Waals surface area contributed by atoms with E-state index in [1.54, 1.807) is 6.33 Å². The summed E-state index contributed by atoms with van der Waals surface area (Å²) in [5.41, 5.74) is 1.11. The van der Waals surface area contributed by atoms with E-state index in [1.165, 1.54) is 19.3 Å². The van der Waals surface area contributed by atoms with Crippen molar-refractivity contribution in [1.82, 2.24) is 9.97 Å². The molecule has 1 aromatic rings. The molecule has 0 amide bonds. The van der Waals surface area contributed by atoms with Crippen molar-refractivity contribution in [3.05, 3.63) is 17.0 Å². The zero-order valence-corrected chi connectivity index (χ0v) is 11.1. The third-order valence-electron chi connectivity index (χ3n) is 4.07. The van der Waals surface area contributed by atoms with Crippen molar-refractivity contribution in [3.8, 4) is 0 Å². The number of hydrogen-bond acceptors (Lipinski definition) is 3. The van der Waals surface area contributed by atoms with E-state index in [1.807, 2.05) is 0 Å². The summed E-state index contributed by atoms with van der Waals surface area (Å²) in [4.78, 5) is 11.1. The Morgan fingerprint density at radius 2 is 2.18 bits per heavy atom. The molecular weight excluding hydrogens is 234 g/mol. The second-order valence-electron chi connectivity index (χ2n) is 5.54. The Morgan fingerprint density at radius 3 is 2.76 bits per heavy atom. The fraction of sp³-hybridized carbons (Fsp3) is 0.692. The number of nitrogens with zero attached hydrogens (tertiary/aromatic N) is 3. The standard InChI is InChI=1S/C13H18ClN3/c1-8(2)11-12(14)15-7-16-13(11)17-6-9-3-4-10(17)5-9/h7-10H,3-6H2,1-2H3. The average Bonchev–Trinajstić information content (AvgIpc) is 2.89. The summed E-state index contributed by atoms with van der Waals surface area (Å²) in [6.45, 7) is 5.46. The minimum Gasteiger partial charge on any atom is -0.353 e. The molecule has 1 saturated heterocycles. The summed E-state index contributed by atoms with van der Waals surface area (Å²) in [7, 11) is 0. The van der Waals surface area contributed by atoms with Crippen LogP contribution in [0.1, 0.15) is 44.6 Å². The molecule has 92 valence electrons. The summed E-state index contributed by atoms with van der Waals surface area (Å²) in [5.74, 6) is 2.32. The lowest BCUT2D eigenvalue weighted by Crippen LogP contribution is -2.33. The lowest BCUT2D eigenvalue weighted by atomic mass is 10.0. The molecule has 3 nitrogen and oxygen atoms in total. The van der Waals surface area contributed by atoms with E-state index in [0.29, 0.717) is 17.1 Å². The largest absolute Gasteiger partial charge is 0.353 e. The van der Waals surface area contributed by atoms with Crippen LogP contribution in [0.15, 0.2) is 6.33 Å². The van der Waals surface area contributed by atoms with Gasteiger partial charge >= 0.3 is 0 Å². The minimum atomic E-state index is 0.373. The van der Waals surface area contributed by atoms with Crippen molar-refractivity contribution < 1.29 is 0 Å². The Labute approximate surface area is 107 Å². The van der Waals surface area contributed by atoms with Gasteiger partial charge in [0.1, 0.15) is 17.3 Å². The SMILES string of the molecule is CC(C)c1c(Cl)ncnc1N1CC2CCC1C2. The smallest absolute Gasteiger partial charge is 0.138 e. The molecule has 0 aromatic carbocycles. The quantitative estimate of drug-likeness (QED) is 0.756. The number of fused-ring (bicyclic) bond motifs is 2. The molecule has 2 fully saturated rings. The highest BCUT2D eigenvalue weighted by Crippen LogP contribution is 2.42. The normalized spacial score (nSPS) is 27.2. The molecule has 2 atom stereocenters. The van der Waals surface area contributed by atoms with Crippen LogP contribution in [0.5, 0.6) is 0 Å². The van der Waals surface area contributed by atoms with Gasteiger partial charge in [0, 0.05) is 18.2 Å².